The molecule has 1 fully saturated rings. The molecule has 0 aliphatic carbocycles. The third kappa shape index (κ3) is 4.55. The van der Waals surface area contributed by atoms with E-state index in [0.29, 0.717) is 48.7 Å². The number of nitrogens with one attached hydrogen (secondary N) is 2. The minimum absolute atomic E-state index is 0.180. The molecule has 3 heterocycles. The van der Waals surface area contributed by atoms with Gasteiger partial charge in [-0.15, -0.1) is 0 Å². The summed E-state index contributed by atoms with van der Waals surface area (Å²) in [6.45, 7) is 2.48. The summed E-state index contributed by atoms with van der Waals surface area (Å²) in [5.41, 5.74) is 0.988. The van der Waals surface area contributed by atoms with Crippen LogP contribution >= 0.6 is 0 Å². The Morgan fingerprint density at radius 1 is 1.16 bits per heavy atom. The van der Waals surface area contributed by atoms with E-state index >= 15 is 0 Å². The molecule has 1 saturated heterocycles. The van der Waals surface area contributed by atoms with Gasteiger partial charge in [-0.25, -0.2) is 9.78 Å². The highest BCUT2D eigenvalue weighted by Gasteiger charge is 2.31. The minimum atomic E-state index is -4.40. The van der Waals surface area contributed by atoms with Crippen LogP contribution in [0, 0.1) is 0 Å². The fourth-order valence-corrected chi connectivity index (χ4v) is 3.58. The second-order valence-corrected chi connectivity index (χ2v) is 7.44. The van der Waals surface area contributed by atoms with Crippen LogP contribution in [0.3, 0.4) is 0 Å². The molecule has 0 unspecified atom stereocenters. The van der Waals surface area contributed by atoms with Crippen LogP contribution in [0.15, 0.2) is 41.3 Å². The van der Waals surface area contributed by atoms with E-state index in [2.05, 4.69) is 15.3 Å². The molecule has 31 heavy (non-hydrogen) atoms. The molecule has 2 N–H and O–H groups in total. The van der Waals surface area contributed by atoms with E-state index in [-0.39, 0.29) is 18.1 Å². The number of aromatic nitrogens is 3. The minimum Gasteiger partial charge on any atom is -0.354 e. The smallest absolute Gasteiger partial charge is 0.354 e. The zero-order valence-corrected chi connectivity index (χ0v) is 16.7. The first-order valence-corrected chi connectivity index (χ1v) is 9.70. The summed E-state index contributed by atoms with van der Waals surface area (Å²) in [6.07, 6.45) is -3.57. The summed E-state index contributed by atoms with van der Waals surface area (Å²) in [7, 11) is 1.65. The molecule has 0 spiro atoms. The number of rotatable bonds is 4. The first-order valence-electron chi connectivity index (χ1n) is 9.70. The lowest BCUT2D eigenvalue weighted by Crippen LogP contribution is -2.48. The largest absolute Gasteiger partial charge is 0.417 e. The molecule has 3 aromatic rings. The molecule has 0 bridgehead atoms. The first-order chi connectivity index (χ1) is 14.7. The van der Waals surface area contributed by atoms with Crippen molar-refractivity contribution < 1.29 is 18.0 Å². The summed E-state index contributed by atoms with van der Waals surface area (Å²) in [5, 5.41) is 2.84. The van der Waals surface area contributed by atoms with Crippen molar-refractivity contribution in [3.63, 3.8) is 0 Å². The van der Waals surface area contributed by atoms with Crippen molar-refractivity contribution >= 4 is 28.4 Å². The number of hydrogen-bond acceptors (Lipinski definition) is 5. The van der Waals surface area contributed by atoms with E-state index in [0.717, 1.165) is 12.3 Å². The van der Waals surface area contributed by atoms with Crippen LogP contribution in [0.2, 0.25) is 0 Å². The summed E-state index contributed by atoms with van der Waals surface area (Å²) < 4.78 is 39.5. The van der Waals surface area contributed by atoms with Gasteiger partial charge in [-0.05, 0) is 30.3 Å². The van der Waals surface area contributed by atoms with Crippen LogP contribution < -0.4 is 15.9 Å². The number of aromatic amines is 1. The Hall–Kier alpha value is -3.34. The third-order valence-electron chi connectivity index (χ3n) is 5.33. The van der Waals surface area contributed by atoms with Crippen LogP contribution in [0.1, 0.15) is 5.56 Å². The molecule has 0 radical (unpaired) electrons. The Kier molecular flexibility index (Phi) is 5.44. The lowest BCUT2D eigenvalue weighted by atomic mass is 10.2. The van der Waals surface area contributed by atoms with Gasteiger partial charge < -0.3 is 15.2 Å². The van der Waals surface area contributed by atoms with E-state index < -0.39 is 11.7 Å². The van der Waals surface area contributed by atoms with Gasteiger partial charge in [-0.2, -0.15) is 13.2 Å². The summed E-state index contributed by atoms with van der Waals surface area (Å²) in [5.74, 6) is 0.309. The van der Waals surface area contributed by atoms with Gasteiger partial charge in [0.2, 0.25) is 5.91 Å². The fourth-order valence-electron chi connectivity index (χ4n) is 3.58. The highest BCUT2D eigenvalue weighted by atomic mass is 19.4. The van der Waals surface area contributed by atoms with Crippen LogP contribution in [0.5, 0.6) is 0 Å². The Balaban J connectivity index is 1.31. The summed E-state index contributed by atoms with van der Waals surface area (Å²) in [4.78, 5) is 34.6. The molecule has 11 heteroatoms. The van der Waals surface area contributed by atoms with E-state index in [1.54, 1.807) is 25.2 Å². The molecular formula is C20H21F3N6O2. The van der Waals surface area contributed by atoms with Crippen LogP contribution in [0.25, 0.3) is 11.0 Å². The molecule has 1 aliphatic rings. The number of benzene rings is 1. The van der Waals surface area contributed by atoms with Crippen molar-refractivity contribution in [3.05, 3.63) is 52.6 Å². The number of anilines is 2. The molecule has 8 nitrogen and oxygen atoms in total. The van der Waals surface area contributed by atoms with Gasteiger partial charge >= 0.3 is 11.9 Å². The predicted octanol–water partition coefficient (Wildman–Crippen LogP) is 2.04. The Labute approximate surface area is 175 Å². The standard InChI is InChI=1S/C20H21F3N6O2/c1-27-16-10-14(3-4-15(16)26-19(27)31)25-18(30)12-28-6-8-29(9-7-28)17-5-2-13(11-24-17)20(21,22)23/h2-5,10-11H,6-9,12H2,1H3,(H,25,30)(H,26,31). The summed E-state index contributed by atoms with van der Waals surface area (Å²) in [6, 6.07) is 7.60. The average molecular weight is 434 g/mol. The maximum Gasteiger partial charge on any atom is 0.417 e. The molecule has 0 saturated carbocycles. The van der Waals surface area contributed by atoms with Gasteiger partial charge in [0.25, 0.3) is 0 Å². The SMILES string of the molecule is Cn1c(=O)[nH]c2ccc(NC(=O)CN3CCN(c4ccc(C(F)(F)F)cn4)CC3)cc21. The lowest BCUT2D eigenvalue weighted by Gasteiger charge is -2.35. The van der Waals surface area contributed by atoms with Crippen LogP contribution in [-0.2, 0) is 18.0 Å². The molecule has 1 aromatic carbocycles. The van der Waals surface area contributed by atoms with Crippen LogP contribution in [-0.4, -0.2) is 58.1 Å². The highest BCUT2D eigenvalue weighted by Crippen LogP contribution is 2.29. The van der Waals surface area contributed by atoms with Crippen LogP contribution in [0.4, 0.5) is 24.7 Å². The average Bonchev–Trinajstić information content (AvgIpc) is 3.01. The number of pyridine rings is 1. The zero-order valence-electron chi connectivity index (χ0n) is 16.7. The number of H-pyrrole nitrogens is 1. The van der Waals surface area contributed by atoms with E-state index in [1.165, 1.54) is 10.6 Å². The fraction of sp³-hybridized carbons (Fsp3) is 0.350. The number of imidazole rings is 1. The Morgan fingerprint density at radius 3 is 2.55 bits per heavy atom. The second kappa shape index (κ2) is 8.06. The number of fused-ring (bicyclic) bond motifs is 1. The van der Waals surface area contributed by atoms with Gasteiger partial charge in [0.05, 0.1) is 23.1 Å². The number of alkyl halides is 3. The lowest BCUT2D eigenvalue weighted by molar-refractivity contribution is -0.137. The first kappa shape index (κ1) is 20.9. The topological polar surface area (TPSA) is 86.3 Å². The molecule has 1 aliphatic heterocycles. The maximum absolute atomic E-state index is 12.7. The highest BCUT2D eigenvalue weighted by molar-refractivity contribution is 5.94. The Morgan fingerprint density at radius 2 is 1.90 bits per heavy atom. The Bertz CT molecular complexity index is 1140. The normalized spacial score (nSPS) is 15.4. The predicted molar refractivity (Wildman–Crippen MR) is 110 cm³/mol. The molecular weight excluding hydrogens is 413 g/mol. The summed E-state index contributed by atoms with van der Waals surface area (Å²) >= 11 is 0. The number of amides is 1. The van der Waals surface area contributed by atoms with E-state index in [9.17, 15) is 22.8 Å². The monoisotopic (exact) mass is 434 g/mol. The second-order valence-electron chi connectivity index (χ2n) is 7.44. The number of carbonyl (C=O) groups excluding carboxylic acids is 1. The number of piperazine rings is 1. The molecule has 4 rings (SSSR count). The van der Waals surface area contributed by atoms with Crippen molar-refractivity contribution in [1.82, 2.24) is 19.4 Å². The van der Waals surface area contributed by atoms with Gasteiger partial charge in [-0.1, -0.05) is 0 Å². The number of hydrogen-bond donors (Lipinski definition) is 2. The quantitative estimate of drug-likeness (QED) is 0.657. The zero-order chi connectivity index (χ0) is 22.2. The van der Waals surface area contributed by atoms with Gasteiger partial charge in [-0.3, -0.25) is 14.3 Å². The molecule has 1 amide bonds. The molecule has 164 valence electrons. The third-order valence-corrected chi connectivity index (χ3v) is 5.33. The number of carbonyl (C=O) groups is 1. The van der Waals surface area contributed by atoms with Gasteiger partial charge in [0, 0.05) is 45.1 Å². The molecule has 2 aromatic heterocycles. The van der Waals surface area contributed by atoms with Gasteiger partial charge in [0.1, 0.15) is 5.82 Å². The van der Waals surface area contributed by atoms with E-state index in [1.807, 2.05) is 9.80 Å². The maximum atomic E-state index is 12.7. The van der Waals surface area contributed by atoms with Crippen molar-refractivity contribution in [2.45, 2.75) is 6.18 Å². The van der Waals surface area contributed by atoms with E-state index in [4.69, 9.17) is 0 Å². The number of halogens is 3. The van der Waals surface area contributed by atoms with Crippen molar-refractivity contribution in [2.75, 3.05) is 42.9 Å². The van der Waals surface area contributed by atoms with Crippen molar-refractivity contribution in [3.8, 4) is 0 Å². The van der Waals surface area contributed by atoms with Crippen molar-refractivity contribution in [1.29, 1.82) is 0 Å². The number of aryl methyl sites for hydroxylation is 1. The van der Waals surface area contributed by atoms with Crippen molar-refractivity contribution in [2.24, 2.45) is 7.05 Å². The van der Waals surface area contributed by atoms with Gasteiger partial charge in [0.15, 0.2) is 0 Å². The molecule has 0 atom stereocenters. The number of nitrogens with zero attached hydrogens (tertiary/aromatic N) is 4.